The van der Waals surface area contributed by atoms with Crippen LogP contribution < -0.4 is 10.1 Å². The van der Waals surface area contributed by atoms with Crippen LogP contribution in [0.15, 0.2) is 48.5 Å². The SMILES string of the molecule is COc1ccc(CCNC(=O)c2cccc(C#CC(C)(C)O)c2)cc1. The number of methoxy groups -OCH3 is 1. The van der Waals surface area contributed by atoms with Crippen LogP contribution in [0, 0.1) is 11.8 Å². The number of carbonyl (C=O) groups is 1. The molecule has 2 N–H and O–H groups in total. The molecule has 0 radical (unpaired) electrons. The number of hydrogen-bond acceptors (Lipinski definition) is 3. The van der Waals surface area contributed by atoms with Crippen LogP contribution in [0.3, 0.4) is 0 Å². The van der Waals surface area contributed by atoms with Gasteiger partial charge in [-0.3, -0.25) is 4.79 Å². The minimum atomic E-state index is -1.06. The van der Waals surface area contributed by atoms with Crippen LogP contribution in [0.5, 0.6) is 5.75 Å². The molecule has 4 nitrogen and oxygen atoms in total. The van der Waals surface area contributed by atoms with Crippen molar-refractivity contribution in [1.29, 1.82) is 0 Å². The van der Waals surface area contributed by atoms with Crippen molar-refractivity contribution in [2.45, 2.75) is 25.9 Å². The second kappa shape index (κ2) is 8.36. The van der Waals surface area contributed by atoms with Gasteiger partial charge in [-0.2, -0.15) is 0 Å². The first-order valence-electron chi connectivity index (χ1n) is 8.14. The van der Waals surface area contributed by atoms with E-state index in [1.807, 2.05) is 30.3 Å². The summed E-state index contributed by atoms with van der Waals surface area (Å²) < 4.78 is 5.13. The molecule has 0 fully saturated rings. The van der Waals surface area contributed by atoms with Crippen molar-refractivity contribution in [3.8, 4) is 17.6 Å². The van der Waals surface area contributed by atoms with Crippen molar-refractivity contribution >= 4 is 5.91 Å². The van der Waals surface area contributed by atoms with E-state index in [-0.39, 0.29) is 5.91 Å². The highest BCUT2D eigenvalue weighted by molar-refractivity contribution is 5.94. The van der Waals surface area contributed by atoms with Crippen LogP contribution in [0.1, 0.15) is 35.3 Å². The first kappa shape index (κ1) is 18.6. The lowest BCUT2D eigenvalue weighted by molar-refractivity contribution is 0.0954. The minimum Gasteiger partial charge on any atom is -0.497 e. The fourth-order valence-electron chi connectivity index (χ4n) is 2.18. The molecule has 0 aliphatic rings. The average molecular weight is 337 g/mol. The Morgan fingerprint density at radius 3 is 2.56 bits per heavy atom. The van der Waals surface area contributed by atoms with E-state index in [2.05, 4.69) is 17.2 Å². The third-order valence-corrected chi connectivity index (χ3v) is 3.50. The fourth-order valence-corrected chi connectivity index (χ4v) is 2.18. The molecule has 25 heavy (non-hydrogen) atoms. The third-order valence-electron chi connectivity index (χ3n) is 3.50. The van der Waals surface area contributed by atoms with E-state index in [0.717, 1.165) is 17.7 Å². The Morgan fingerprint density at radius 1 is 1.20 bits per heavy atom. The first-order valence-corrected chi connectivity index (χ1v) is 8.14. The van der Waals surface area contributed by atoms with E-state index in [4.69, 9.17) is 4.74 Å². The van der Waals surface area contributed by atoms with E-state index >= 15 is 0 Å². The van der Waals surface area contributed by atoms with Crippen LogP contribution in [-0.2, 0) is 6.42 Å². The van der Waals surface area contributed by atoms with Crippen molar-refractivity contribution in [1.82, 2.24) is 5.32 Å². The molecule has 2 aromatic rings. The maximum absolute atomic E-state index is 12.3. The van der Waals surface area contributed by atoms with E-state index in [1.165, 1.54) is 0 Å². The highest BCUT2D eigenvalue weighted by atomic mass is 16.5. The summed E-state index contributed by atoms with van der Waals surface area (Å²) in [5, 5.41) is 12.6. The smallest absolute Gasteiger partial charge is 0.251 e. The Balaban J connectivity index is 1.92. The zero-order valence-corrected chi connectivity index (χ0v) is 14.8. The Bertz CT molecular complexity index is 777. The molecule has 0 aliphatic heterocycles. The molecule has 0 saturated heterocycles. The third kappa shape index (κ3) is 6.33. The van der Waals surface area contributed by atoms with Crippen molar-refractivity contribution in [3.63, 3.8) is 0 Å². The van der Waals surface area contributed by atoms with Crippen LogP contribution in [0.4, 0.5) is 0 Å². The van der Waals surface area contributed by atoms with Gasteiger partial charge in [0.2, 0.25) is 0 Å². The molecule has 2 rings (SSSR count). The Labute approximate surface area is 148 Å². The Kier molecular flexibility index (Phi) is 6.21. The molecule has 0 aromatic heterocycles. The molecular formula is C21H23NO3. The summed E-state index contributed by atoms with van der Waals surface area (Å²) in [6.45, 7) is 3.79. The van der Waals surface area contributed by atoms with Crippen molar-refractivity contribution < 1.29 is 14.6 Å². The summed E-state index contributed by atoms with van der Waals surface area (Å²) in [7, 11) is 1.63. The lowest BCUT2D eigenvalue weighted by Gasteiger charge is -2.07. The quantitative estimate of drug-likeness (QED) is 0.825. The predicted molar refractivity (Wildman–Crippen MR) is 98.6 cm³/mol. The number of hydrogen-bond donors (Lipinski definition) is 2. The molecule has 0 atom stereocenters. The number of carbonyl (C=O) groups excluding carboxylic acids is 1. The zero-order chi connectivity index (χ0) is 18.3. The number of aliphatic hydroxyl groups is 1. The van der Waals surface area contributed by atoms with E-state index in [0.29, 0.717) is 17.7 Å². The minimum absolute atomic E-state index is 0.138. The molecule has 0 unspecified atom stereocenters. The van der Waals surface area contributed by atoms with Gasteiger partial charge in [0.15, 0.2) is 0 Å². The van der Waals surface area contributed by atoms with Gasteiger partial charge in [-0.1, -0.05) is 30.0 Å². The van der Waals surface area contributed by atoms with Gasteiger partial charge in [0.1, 0.15) is 11.4 Å². The number of rotatable bonds is 5. The largest absolute Gasteiger partial charge is 0.497 e. The summed E-state index contributed by atoms with van der Waals surface area (Å²) >= 11 is 0. The summed E-state index contributed by atoms with van der Waals surface area (Å²) in [5.74, 6) is 6.30. The van der Waals surface area contributed by atoms with Gasteiger partial charge >= 0.3 is 0 Å². The van der Waals surface area contributed by atoms with E-state index in [1.54, 1.807) is 39.2 Å². The zero-order valence-electron chi connectivity index (χ0n) is 14.8. The number of nitrogens with one attached hydrogen (secondary N) is 1. The van der Waals surface area contributed by atoms with Crippen LogP contribution in [0.25, 0.3) is 0 Å². The standard InChI is InChI=1S/C21H23NO3/c1-21(2,24)13-11-17-5-4-6-18(15-17)20(23)22-14-12-16-7-9-19(25-3)10-8-16/h4-10,15,24H,12,14H2,1-3H3,(H,22,23). The molecule has 2 aromatic carbocycles. The lowest BCUT2D eigenvalue weighted by Crippen LogP contribution is -2.25. The number of amides is 1. The topological polar surface area (TPSA) is 58.6 Å². The van der Waals surface area contributed by atoms with Gasteiger partial charge in [0.25, 0.3) is 5.91 Å². The Hall–Kier alpha value is -2.77. The molecule has 130 valence electrons. The van der Waals surface area contributed by atoms with Gasteiger partial charge in [0.05, 0.1) is 7.11 Å². The maximum atomic E-state index is 12.3. The Morgan fingerprint density at radius 2 is 1.92 bits per heavy atom. The lowest BCUT2D eigenvalue weighted by atomic mass is 10.1. The summed E-state index contributed by atoms with van der Waals surface area (Å²) in [4.78, 5) is 12.3. The normalized spacial score (nSPS) is 10.6. The molecule has 4 heteroatoms. The number of ether oxygens (including phenoxy) is 1. The predicted octanol–water partition coefficient (Wildman–Crippen LogP) is 2.79. The van der Waals surface area contributed by atoms with Crippen molar-refractivity contribution in [3.05, 3.63) is 65.2 Å². The van der Waals surface area contributed by atoms with Crippen molar-refractivity contribution in [2.24, 2.45) is 0 Å². The van der Waals surface area contributed by atoms with Crippen LogP contribution in [0.2, 0.25) is 0 Å². The second-order valence-corrected chi connectivity index (χ2v) is 6.24. The van der Waals surface area contributed by atoms with E-state index in [9.17, 15) is 9.90 Å². The van der Waals surface area contributed by atoms with Gasteiger partial charge in [-0.05, 0) is 56.2 Å². The molecule has 0 spiro atoms. The second-order valence-electron chi connectivity index (χ2n) is 6.24. The average Bonchev–Trinajstić information content (AvgIpc) is 2.60. The summed E-state index contributed by atoms with van der Waals surface area (Å²) in [5.41, 5.74) is 1.32. The summed E-state index contributed by atoms with van der Waals surface area (Å²) in [6.07, 6.45) is 0.744. The van der Waals surface area contributed by atoms with Crippen molar-refractivity contribution in [2.75, 3.05) is 13.7 Å². The van der Waals surface area contributed by atoms with Crippen LogP contribution in [-0.4, -0.2) is 30.3 Å². The molecule has 1 amide bonds. The fraction of sp³-hybridized carbons (Fsp3) is 0.286. The highest BCUT2D eigenvalue weighted by Crippen LogP contribution is 2.11. The molecule has 0 saturated carbocycles. The van der Waals surface area contributed by atoms with Gasteiger partial charge in [-0.15, -0.1) is 0 Å². The van der Waals surface area contributed by atoms with Gasteiger partial charge < -0.3 is 15.2 Å². The van der Waals surface area contributed by atoms with Gasteiger partial charge in [-0.25, -0.2) is 0 Å². The molecule has 0 aliphatic carbocycles. The molecular weight excluding hydrogens is 314 g/mol. The van der Waals surface area contributed by atoms with E-state index < -0.39 is 5.60 Å². The highest BCUT2D eigenvalue weighted by Gasteiger charge is 2.07. The van der Waals surface area contributed by atoms with Gasteiger partial charge in [0, 0.05) is 17.7 Å². The molecule has 0 heterocycles. The number of benzene rings is 2. The van der Waals surface area contributed by atoms with Crippen LogP contribution >= 0.6 is 0 Å². The maximum Gasteiger partial charge on any atom is 0.251 e. The summed E-state index contributed by atoms with van der Waals surface area (Å²) in [6, 6.07) is 14.8. The molecule has 0 bridgehead atoms. The monoisotopic (exact) mass is 337 g/mol. The first-order chi connectivity index (χ1) is 11.9.